The predicted octanol–water partition coefficient (Wildman–Crippen LogP) is 2.35. The molecule has 1 heterocycles. The lowest BCUT2D eigenvalue weighted by Gasteiger charge is -2.37. The van der Waals surface area contributed by atoms with E-state index in [-0.39, 0.29) is 5.97 Å². The molecule has 2 N–H and O–H groups in total. The zero-order valence-electron chi connectivity index (χ0n) is 12.9. The van der Waals surface area contributed by atoms with Gasteiger partial charge in [-0.2, -0.15) is 0 Å². The van der Waals surface area contributed by atoms with Gasteiger partial charge in [0.2, 0.25) is 0 Å². The van der Waals surface area contributed by atoms with E-state index >= 15 is 0 Å². The largest absolute Gasteiger partial charge is 0.465 e. The Labute approximate surface area is 126 Å². The summed E-state index contributed by atoms with van der Waals surface area (Å²) in [6.45, 7) is 3.10. The number of methoxy groups -OCH3 is 1. The van der Waals surface area contributed by atoms with Gasteiger partial charge in [-0.3, -0.25) is 0 Å². The monoisotopic (exact) mass is 291 g/mol. The van der Waals surface area contributed by atoms with Crippen LogP contribution in [0.1, 0.15) is 49.4 Å². The number of esters is 1. The molecule has 0 atom stereocenters. The van der Waals surface area contributed by atoms with Crippen molar-refractivity contribution in [3.63, 3.8) is 0 Å². The van der Waals surface area contributed by atoms with Crippen molar-refractivity contribution in [1.29, 1.82) is 0 Å². The van der Waals surface area contributed by atoms with Crippen LogP contribution in [0.15, 0.2) is 18.3 Å². The lowest BCUT2D eigenvalue weighted by molar-refractivity contribution is 0.0600. The van der Waals surface area contributed by atoms with E-state index in [2.05, 4.69) is 16.8 Å². The number of nitrogens with two attached hydrogens (primary N) is 1. The van der Waals surface area contributed by atoms with E-state index in [0.717, 1.165) is 44.5 Å². The number of hydrogen-bond donors (Lipinski definition) is 1. The van der Waals surface area contributed by atoms with Crippen LogP contribution in [-0.2, 0) is 4.74 Å². The fourth-order valence-corrected chi connectivity index (χ4v) is 2.96. The first-order valence-corrected chi connectivity index (χ1v) is 7.72. The minimum atomic E-state index is -0.319. The topological polar surface area (TPSA) is 68.5 Å². The van der Waals surface area contributed by atoms with Crippen LogP contribution in [0, 0.1) is 0 Å². The maximum atomic E-state index is 11.7. The summed E-state index contributed by atoms with van der Waals surface area (Å²) < 4.78 is 4.79. The van der Waals surface area contributed by atoms with Gasteiger partial charge in [-0.15, -0.1) is 0 Å². The van der Waals surface area contributed by atoms with Crippen molar-refractivity contribution < 1.29 is 9.53 Å². The molecule has 1 aliphatic rings. The standard InChI is InChI=1S/C16H25N3O2/c1-3-10-19(14-6-4-13(17)5-7-14)15-11-12(8-9-18-15)16(20)21-2/h8-9,11,13-14H,3-7,10,17H2,1-2H3. The molecule has 0 aliphatic heterocycles. The van der Waals surface area contributed by atoms with Crippen LogP contribution in [-0.4, -0.2) is 36.7 Å². The Morgan fingerprint density at radius 2 is 2.14 bits per heavy atom. The van der Waals surface area contributed by atoms with Crippen molar-refractivity contribution in [1.82, 2.24) is 4.98 Å². The zero-order chi connectivity index (χ0) is 15.2. The highest BCUT2D eigenvalue weighted by Crippen LogP contribution is 2.26. The molecule has 1 saturated carbocycles. The maximum absolute atomic E-state index is 11.7. The first-order valence-electron chi connectivity index (χ1n) is 7.72. The van der Waals surface area contributed by atoms with Crippen molar-refractivity contribution in [3.05, 3.63) is 23.9 Å². The summed E-state index contributed by atoms with van der Waals surface area (Å²) in [7, 11) is 1.40. The summed E-state index contributed by atoms with van der Waals surface area (Å²) in [6.07, 6.45) is 7.02. The van der Waals surface area contributed by atoms with Gasteiger partial charge < -0.3 is 15.4 Å². The first kappa shape index (κ1) is 15.8. The van der Waals surface area contributed by atoms with Crippen molar-refractivity contribution in [3.8, 4) is 0 Å². The molecule has 1 aliphatic carbocycles. The zero-order valence-corrected chi connectivity index (χ0v) is 12.9. The highest BCUT2D eigenvalue weighted by Gasteiger charge is 2.25. The normalized spacial score (nSPS) is 21.9. The molecule has 0 spiro atoms. The van der Waals surface area contributed by atoms with Crippen LogP contribution in [0.5, 0.6) is 0 Å². The van der Waals surface area contributed by atoms with Gasteiger partial charge in [0.15, 0.2) is 0 Å². The van der Waals surface area contributed by atoms with Crippen molar-refractivity contribution in [2.24, 2.45) is 5.73 Å². The quantitative estimate of drug-likeness (QED) is 0.843. The third-order valence-electron chi connectivity index (χ3n) is 4.11. The molecule has 2 rings (SSSR count). The van der Waals surface area contributed by atoms with Gasteiger partial charge in [0, 0.05) is 24.8 Å². The average Bonchev–Trinajstić information content (AvgIpc) is 2.53. The first-order chi connectivity index (χ1) is 10.2. The predicted molar refractivity (Wildman–Crippen MR) is 83.4 cm³/mol. The highest BCUT2D eigenvalue weighted by molar-refractivity contribution is 5.90. The Hall–Kier alpha value is -1.62. The number of carbonyl (C=O) groups is 1. The molecule has 5 heteroatoms. The van der Waals surface area contributed by atoms with Gasteiger partial charge >= 0.3 is 5.97 Å². The molecule has 1 fully saturated rings. The molecule has 0 unspecified atom stereocenters. The Morgan fingerprint density at radius 3 is 2.76 bits per heavy atom. The molecule has 0 amide bonds. The number of ether oxygens (including phenoxy) is 1. The average molecular weight is 291 g/mol. The lowest BCUT2D eigenvalue weighted by atomic mass is 9.90. The molecule has 1 aromatic heterocycles. The second-order valence-electron chi connectivity index (χ2n) is 5.66. The number of aromatic nitrogens is 1. The number of anilines is 1. The summed E-state index contributed by atoms with van der Waals surface area (Å²) >= 11 is 0. The molecule has 0 saturated heterocycles. The minimum absolute atomic E-state index is 0.319. The number of carbonyl (C=O) groups excluding carboxylic acids is 1. The fraction of sp³-hybridized carbons (Fsp3) is 0.625. The Bertz CT molecular complexity index is 470. The summed E-state index contributed by atoms with van der Waals surface area (Å²) in [4.78, 5) is 18.5. The van der Waals surface area contributed by atoms with Crippen LogP contribution in [0.25, 0.3) is 0 Å². The number of pyridine rings is 1. The SMILES string of the molecule is CCCN(c1cc(C(=O)OC)ccn1)C1CCC(N)CC1. The maximum Gasteiger partial charge on any atom is 0.338 e. The summed E-state index contributed by atoms with van der Waals surface area (Å²) in [5, 5.41) is 0. The second kappa shape index (κ2) is 7.41. The fourth-order valence-electron chi connectivity index (χ4n) is 2.96. The van der Waals surface area contributed by atoms with Crippen LogP contribution in [0.2, 0.25) is 0 Å². The minimum Gasteiger partial charge on any atom is -0.465 e. The molecule has 116 valence electrons. The van der Waals surface area contributed by atoms with E-state index in [1.165, 1.54) is 7.11 Å². The number of nitrogens with zero attached hydrogens (tertiary/aromatic N) is 2. The molecule has 0 aromatic carbocycles. The van der Waals surface area contributed by atoms with E-state index in [4.69, 9.17) is 10.5 Å². The van der Waals surface area contributed by atoms with E-state index in [0.29, 0.717) is 17.6 Å². The van der Waals surface area contributed by atoms with Gasteiger partial charge in [0.1, 0.15) is 5.82 Å². The third-order valence-corrected chi connectivity index (χ3v) is 4.11. The van der Waals surface area contributed by atoms with Crippen molar-refractivity contribution in [2.45, 2.75) is 51.1 Å². The Balaban J connectivity index is 2.19. The third kappa shape index (κ3) is 3.94. The van der Waals surface area contributed by atoms with Crippen LogP contribution >= 0.6 is 0 Å². The lowest BCUT2D eigenvalue weighted by Crippen LogP contribution is -2.41. The van der Waals surface area contributed by atoms with Crippen LogP contribution < -0.4 is 10.6 Å². The Morgan fingerprint density at radius 1 is 1.43 bits per heavy atom. The van der Waals surface area contributed by atoms with Crippen LogP contribution in [0.3, 0.4) is 0 Å². The summed E-state index contributed by atoms with van der Waals surface area (Å²) in [5.41, 5.74) is 6.55. The molecule has 1 aromatic rings. The van der Waals surface area contributed by atoms with E-state index in [1.807, 2.05) is 6.07 Å². The van der Waals surface area contributed by atoms with E-state index in [1.54, 1.807) is 12.3 Å². The molecule has 0 radical (unpaired) electrons. The highest BCUT2D eigenvalue weighted by atomic mass is 16.5. The van der Waals surface area contributed by atoms with Crippen molar-refractivity contribution in [2.75, 3.05) is 18.6 Å². The summed E-state index contributed by atoms with van der Waals surface area (Å²) in [5.74, 6) is 0.543. The van der Waals surface area contributed by atoms with Gasteiger partial charge in [0.25, 0.3) is 0 Å². The van der Waals surface area contributed by atoms with Gasteiger partial charge in [0.05, 0.1) is 12.7 Å². The van der Waals surface area contributed by atoms with Crippen molar-refractivity contribution >= 4 is 11.8 Å². The molecule has 21 heavy (non-hydrogen) atoms. The molecule has 0 bridgehead atoms. The molecule has 5 nitrogen and oxygen atoms in total. The Kier molecular flexibility index (Phi) is 5.56. The smallest absolute Gasteiger partial charge is 0.338 e. The number of hydrogen-bond acceptors (Lipinski definition) is 5. The van der Waals surface area contributed by atoms with E-state index < -0.39 is 0 Å². The van der Waals surface area contributed by atoms with Gasteiger partial charge in [-0.1, -0.05) is 6.92 Å². The second-order valence-corrected chi connectivity index (χ2v) is 5.66. The van der Waals surface area contributed by atoms with E-state index in [9.17, 15) is 4.79 Å². The summed E-state index contributed by atoms with van der Waals surface area (Å²) in [6, 6.07) is 4.32. The number of rotatable bonds is 5. The van der Waals surface area contributed by atoms with Crippen LogP contribution in [0.4, 0.5) is 5.82 Å². The van der Waals surface area contributed by atoms with Gasteiger partial charge in [-0.25, -0.2) is 9.78 Å². The van der Waals surface area contributed by atoms with Gasteiger partial charge in [-0.05, 0) is 44.2 Å². The molecular weight excluding hydrogens is 266 g/mol. The molecular formula is C16H25N3O2.